The van der Waals surface area contributed by atoms with Gasteiger partial charge in [-0.3, -0.25) is 0 Å². The number of hydrogen-bond donors (Lipinski definition) is 1. The predicted molar refractivity (Wildman–Crippen MR) is 51.2 cm³/mol. The number of aliphatic hydroxyl groups excluding tert-OH is 1. The van der Waals surface area contributed by atoms with E-state index in [0.29, 0.717) is 18.9 Å². The van der Waals surface area contributed by atoms with Gasteiger partial charge in [0.2, 0.25) is 0 Å². The van der Waals surface area contributed by atoms with E-state index in [2.05, 4.69) is 0 Å². The molecule has 0 atom stereocenters. The molecule has 0 bridgehead atoms. The normalized spacial score (nSPS) is 14.9. The molecule has 1 aliphatic rings. The largest absolute Gasteiger partial charge is 0.489 e. The lowest BCUT2D eigenvalue weighted by atomic mass is 10.2. The van der Waals surface area contributed by atoms with E-state index in [-0.39, 0.29) is 12.4 Å². The van der Waals surface area contributed by atoms with Crippen molar-refractivity contribution in [3.05, 3.63) is 24.0 Å². The van der Waals surface area contributed by atoms with Crippen molar-refractivity contribution in [2.75, 3.05) is 31.2 Å². The van der Waals surface area contributed by atoms with Gasteiger partial charge in [0.05, 0.1) is 18.8 Å². The molecule has 3 nitrogen and oxygen atoms in total. The van der Waals surface area contributed by atoms with E-state index >= 15 is 0 Å². The van der Waals surface area contributed by atoms with E-state index in [1.54, 1.807) is 6.07 Å². The topological polar surface area (TPSA) is 32.7 Å². The number of hydrogen-bond acceptors (Lipinski definition) is 3. The number of benzene rings is 1. The minimum atomic E-state index is -0.297. The zero-order valence-corrected chi connectivity index (χ0v) is 7.74. The van der Waals surface area contributed by atoms with E-state index in [0.717, 1.165) is 12.2 Å². The summed E-state index contributed by atoms with van der Waals surface area (Å²) in [6, 6.07) is 4.45. The van der Waals surface area contributed by atoms with Gasteiger partial charge < -0.3 is 14.7 Å². The van der Waals surface area contributed by atoms with Crippen molar-refractivity contribution in [1.82, 2.24) is 0 Å². The molecule has 0 saturated heterocycles. The summed E-state index contributed by atoms with van der Waals surface area (Å²) in [5.74, 6) is 0.263. The zero-order chi connectivity index (χ0) is 9.97. The third kappa shape index (κ3) is 1.65. The SMILES string of the molecule is OCCN1CCOc2cc(F)ccc21. The van der Waals surface area contributed by atoms with Crippen molar-refractivity contribution in [2.45, 2.75) is 0 Å². The maximum atomic E-state index is 12.9. The summed E-state index contributed by atoms with van der Waals surface area (Å²) in [7, 11) is 0. The van der Waals surface area contributed by atoms with E-state index in [4.69, 9.17) is 9.84 Å². The van der Waals surface area contributed by atoms with Gasteiger partial charge in [-0.05, 0) is 12.1 Å². The Kier molecular flexibility index (Phi) is 2.54. The number of anilines is 1. The lowest BCUT2D eigenvalue weighted by molar-refractivity contribution is 0.277. The number of halogens is 1. The Morgan fingerprint density at radius 3 is 3.14 bits per heavy atom. The fourth-order valence-corrected chi connectivity index (χ4v) is 1.60. The van der Waals surface area contributed by atoms with Crippen molar-refractivity contribution in [3.8, 4) is 5.75 Å². The summed E-state index contributed by atoms with van der Waals surface area (Å²) in [6.45, 7) is 1.93. The molecule has 0 aromatic heterocycles. The first kappa shape index (κ1) is 9.27. The highest BCUT2D eigenvalue weighted by Crippen LogP contribution is 2.31. The maximum Gasteiger partial charge on any atom is 0.145 e. The highest BCUT2D eigenvalue weighted by molar-refractivity contribution is 5.59. The fourth-order valence-electron chi connectivity index (χ4n) is 1.60. The minimum absolute atomic E-state index is 0.0941. The molecule has 2 rings (SSSR count). The average Bonchev–Trinajstić information content (AvgIpc) is 2.18. The second-order valence-electron chi connectivity index (χ2n) is 3.17. The molecule has 0 saturated carbocycles. The van der Waals surface area contributed by atoms with E-state index < -0.39 is 0 Å². The van der Waals surface area contributed by atoms with Crippen LogP contribution in [-0.4, -0.2) is 31.4 Å². The van der Waals surface area contributed by atoms with Gasteiger partial charge >= 0.3 is 0 Å². The van der Waals surface area contributed by atoms with Crippen LogP contribution in [0.5, 0.6) is 5.75 Å². The van der Waals surface area contributed by atoms with E-state index in [1.807, 2.05) is 4.90 Å². The van der Waals surface area contributed by atoms with Gasteiger partial charge in [0.25, 0.3) is 0 Å². The molecular weight excluding hydrogens is 185 g/mol. The van der Waals surface area contributed by atoms with Gasteiger partial charge in [0.15, 0.2) is 0 Å². The summed E-state index contributed by atoms with van der Waals surface area (Å²) < 4.78 is 18.2. The number of nitrogens with zero attached hydrogens (tertiary/aromatic N) is 1. The standard InChI is InChI=1S/C10H12FNO2/c11-8-1-2-9-10(7-8)14-6-4-12(9)3-5-13/h1-2,7,13H,3-6H2. The fraction of sp³-hybridized carbons (Fsp3) is 0.400. The Hall–Kier alpha value is -1.29. The smallest absolute Gasteiger partial charge is 0.145 e. The Morgan fingerprint density at radius 2 is 2.36 bits per heavy atom. The molecule has 0 amide bonds. The Labute approximate surface area is 81.7 Å². The van der Waals surface area contributed by atoms with Crippen LogP contribution in [0.25, 0.3) is 0 Å². The first-order valence-corrected chi connectivity index (χ1v) is 4.59. The first-order chi connectivity index (χ1) is 6.81. The molecule has 0 unspecified atom stereocenters. The number of rotatable bonds is 2. The monoisotopic (exact) mass is 197 g/mol. The second-order valence-corrected chi connectivity index (χ2v) is 3.17. The van der Waals surface area contributed by atoms with Crippen LogP contribution in [0.2, 0.25) is 0 Å². The average molecular weight is 197 g/mol. The van der Waals surface area contributed by atoms with E-state index in [1.165, 1.54) is 12.1 Å². The summed E-state index contributed by atoms with van der Waals surface area (Å²) in [4.78, 5) is 1.98. The third-order valence-corrected chi connectivity index (χ3v) is 2.25. The van der Waals surface area contributed by atoms with Crippen LogP contribution in [-0.2, 0) is 0 Å². The molecule has 1 aliphatic heterocycles. The molecule has 1 aromatic carbocycles. The van der Waals surface area contributed by atoms with Crippen LogP contribution >= 0.6 is 0 Å². The van der Waals surface area contributed by atoms with Gasteiger partial charge in [0, 0.05) is 12.6 Å². The van der Waals surface area contributed by atoms with Crippen molar-refractivity contribution in [1.29, 1.82) is 0 Å². The number of aliphatic hydroxyl groups is 1. The Bertz CT molecular complexity index is 330. The Balaban J connectivity index is 2.30. The summed E-state index contributed by atoms with van der Waals surface area (Å²) in [5, 5.41) is 8.84. The van der Waals surface area contributed by atoms with Crippen LogP contribution < -0.4 is 9.64 Å². The number of fused-ring (bicyclic) bond motifs is 1. The van der Waals surface area contributed by atoms with Gasteiger partial charge in [-0.2, -0.15) is 0 Å². The molecular formula is C10H12FNO2. The number of ether oxygens (including phenoxy) is 1. The molecule has 0 radical (unpaired) electrons. The molecule has 0 spiro atoms. The van der Waals surface area contributed by atoms with Gasteiger partial charge in [-0.15, -0.1) is 0 Å². The van der Waals surface area contributed by atoms with Crippen molar-refractivity contribution in [3.63, 3.8) is 0 Å². The van der Waals surface area contributed by atoms with Gasteiger partial charge in [-0.25, -0.2) is 4.39 Å². The lowest BCUT2D eigenvalue weighted by Gasteiger charge is -2.30. The quantitative estimate of drug-likeness (QED) is 0.768. The number of β-amino-alcohol motifs (C(OH)–C–C–N with tert-alkyl or cyclic N) is 1. The third-order valence-electron chi connectivity index (χ3n) is 2.25. The molecule has 0 aliphatic carbocycles. The van der Waals surface area contributed by atoms with Crippen LogP contribution in [0.4, 0.5) is 10.1 Å². The molecule has 0 fully saturated rings. The van der Waals surface area contributed by atoms with Crippen LogP contribution in [0, 0.1) is 5.82 Å². The highest BCUT2D eigenvalue weighted by atomic mass is 19.1. The molecule has 14 heavy (non-hydrogen) atoms. The van der Waals surface area contributed by atoms with Crippen molar-refractivity contribution >= 4 is 5.69 Å². The molecule has 76 valence electrons. The van der Waals surface area contributed by atoms with Crippen LogP contribution in [0.1, 0.15) is 0 Å². The molecule has 1 aromatic rings. The molecule has 1 heterocycles. The van der Waals surface area contributed by atoms with Crippen molar-refractivity contribution < 1.29 is 14.2 Å². The van der Waals surface area contributed by atoms with Gasteiger partial charge in [0.1, 0.15) is 18.2 Å². The van der Waals surface area contributed by atoms with Crippen LogP contribution in [0.3, 0.4) is 0 Å². The van der Waals surface area contributed by atoms with Crippen molar-refractivity contribution in [2.24, 2.45) is 0 Å². The summed E-state index contributed by atoms with van der Waals surface area (Å²) >= 11 is 0. The van der Waals surface area contributed by atoms with E-state index in [9.17, 15) is 4.39 Å². The minimum Gasteiger partial charge on any atom is -0.489 e. The summed E-state index contributed by atoms with van der Waals surface area (Å²) in [6.07, 6.45) is 0. The maximum absolute atomic E-state index is 12.9. The molecule has 1 N–H and O–H groups in total. The lowest BCUT2D eigenvalue weighted by Crippen LogP contribution is -2.34. The zero-order valence-electron chi connectivity index (χ0n) is 7.74. The highest BCUT2D eigenvalue weighted by Gasteiger charge is 2.17. The second kappa shape index (κ2) is 3.84. The predicted octanol–water partition coefficient (Wildman–Crippen LogP) is 1.02. The Morgan fingerprint density at radius 1 is 1.50 bits per heavy atom. The first-order valence-electron chi connectivity index (χ1n) is 4.59. The molecule has 4 heteroatoms. The van der Waals surface area contributed by atoms with Gasteiger partial charge in [-0.1, -0.05) is 0 Å². The van der Waals surface area contributed by atoms with Crippen LogP contribution in [0.15, 0.2) is 18.2 Å². The summed E-state index contributed by atoms with van der Waals surface area (Å²) in [5.41, 5.74) is 0.853.